The van der Waals surface area contributed by atoms with Crippen molar-refractivity contribution < 1.29 is 39.0 Å². The van der Waals surface area contributed by atoms with Crippen LogP contribution in [0, 0.1) is 30.2 Å². The number of hydrogen-bond donors (Lipinski definition) is 1. The second-order valence-electron chi connectivity index (χ2n) is 4.71. The standard InChI is InChI=1S/C13H8F4O5S2.CH4.H2S/c1-6-2-4-7(5-3-6)23(18,19)12-8(14)10(16)13(24(20,21)22)11(17)9(12)15;;/h2-5H,1H3,(H,20,21,22);1H4;1H2. The summed E-state index contributed by atoms with van der Waals surface area (Å²) in [6.07, 6.45) is 0. The maximum absolute atomic E-state index is 14.0. The lowest BCUT2D eigenvalue weighted by molar-refractivity contribution is 0.380. The highest BCUT2D eigenvalue weighted by molar-refractivity contribution is 7.91. The van der Waals surface area contributed by atoms with Crippen molar-refractivity contribution in [2.45, 2.75) is 29.0 Å². The van der Waals surface area contributed by atoms with Crippen LogP contribution in [-0.4, -0.2) is 21.4 Å². The van der Waals surface area contributed by atoms with Gasteiger partial charge in [-0.05, 0) is 19.1 Å². The van der Waals surface area contributed by atoms with E-state index in [0.717, 1.165) is 12.1 Å². The summed E-state index contributed by atoms with van der Waals surface area (Å²) in [5.41, 5.74) is 0.606. The highest BCUT2D eigenvalue weighted by atomic mass is 32.2. The number of benzene rings is 2. The molecule has 0 saturated heterocycles. The average molecular weight is 434 g/mol. The van der Waals surface area contributed by atoms with E-state index >= 15 is 0 Å². The Hall–Kier alpha value is -1.63. The molecule has 0 heterocycles. The third kappa shape index (κ3) is 4.03. The molecule has 26 heavy (non-hydrogen) atoms. The molecule has 5 nitrogen and oxygen atoms in total. The molecule has 2 aromatic rings. The van der Waals surface area contributed by atoms with Gasteiger partial charge in [0.05, 0.1) is 4.90 Å². The normalized spacial score (nSPS) is 11.5. The van der Waals surface area contributed by atoms with E-state index < -0.39 is 57.9 Å². The summed E-state index contributed by atoms with van der Waals surface area (Å²) in [5, 5.41) is 0. The monoisotopic (exact) mass is 434 g/mol. The largest absolute Gasteiger partial charge is 0.300 e. The Labute approximate surface area is 154 Å². The molecule has 0 amide bonds. The van der Waals surface area contributed by atoms with Gasteiger partial charge in [0.25, 0.3) is 0 Å². The minimum atomic E-state index is -5.67. The van der Waals surface area contributed by atoms with Gasteiger partial charge in [-0.25, -0.2) is 26.0 Å². The van der Waals surface area contributed by atoms with Crippen molar-refractivity contribution in [1.29, 1.82) is 0 Å². The number of hydrogen-bond acceptors (Lipinski definition) is 4. The van der Waals surface area contributed by atoms with Gasteiger partial charge in [-0.1, -0.05) is 25.1 Å². The maximum Gasteiger partial charge on any atom is 0.300 e. The van der Waals surface area contributed by atoms with Crippen LogP contribution in [0.2, 0.25) is 0 Å². The predicted molar refractivity (Wildman–Crippen MR) is 89.8 cm³/mol. The molecule has 2 rings (SSSR count). The summed E-state index contributed by atoms with van der Waals surface area (Å²) in [7, 11) is -10.7. The number of sulfone groups is 1. The van der Waals surface area contributed by atoms with Gasteiger partial charge in [-0.15, -0.1) is 0 Å². The van der Waals surface area contributed by atoms with Gasteiger partial charge in [0.2, 0.25) is 9.84 Å². The van der Waals surface area contributed by atoms with Gasteiger partial charge in [0, 0.05) is 0 Å². The van der Waals surface area contributed by atoms with Crippen LogP contribution in [-0.2, 0) is 20.0 Å². The molecule has 12 heteroatoms. The van der Waals surface area contributed by atoms with Crippen LogP contribution in [0.4, 0.5) is 17.6 Å². The Balaban J connectivity index is 0.00000312. The second kappa shape index (κ2) is 7.94. The van der Waals surface area contributed by atoms with E-state index in [0.29, 0.717) is 5.56 Å². The van der Waals surface area contributed by atoms with E-state index in [1.54, 1.807) is 6.92 Å². The first-order valence-electron chi connectivity index (χ1n) is 6.04. The van der Waals surface area contributed by atoms with Gasteiger partial charge in [-0.2, -0.15) is 21.9 Å². The van der Waals surface area contributed by atoms with E-state index in [1.807, 2.05) is 0 Å². The molecule has 0 aliphatic heterocycles. The third-order valence-corrected chi connectivity index (χ3v) is 5.70. The molecule has 2 aromatic carbocycles. The van der Waals surface area contributed by atoms with Gasteiger partial charge in [0.1, 0.15) is 4.90 Å². The zero-order valence-corrected chi connectivity index (χ0v) is 14.9. The second-order valence-corrected chi connectivity index (χ2v) is 7.95. The Morgan fingerprint density at radius 3 is 1.46 bits per heavy atom. The summed E-state index contributed by atoms with van der Waals surface area (Å²) in [6.45, 7) is 1.60. The molecule has 0 aromatic heterocycles. The molecule has 1 N–H and O–H groups in total. The van der Waals surface area contributed by atoms with Crippen LogP contribution in [0.3, 0.4) is 0 Å². The van der Waals surface area contributed by atoms with E-state index in [1.165, 1.54) is 12.1 Å². The molecule has 146 valence electrons. The van der Waals surface area contributed by atoms with E-state index in [4.69, 9.17) is 4.55 Å². The molecule has 0 aliphatic carbocycles. The number of rotatable bonds is 3. The summed E-state index contributed by atoms with van der Waals surface area (Å²) in [5.74, 6) is -9.99. The van der Waals surface area contributed by atoms with E-state index in [2.05, 4.69) is 0 Å². The lowest BCUT2D eigenvalue weighted by Gasteiger charge is -2.11. The zero-order chi connectivity index (χ0) is 18.4. The minimum absolute atomic E-state index is 0. The van der Waals surface area contributed by atoms with E-state index in [-0.39, 0.29) is 20.9 Å². The quantitative estimate of drug-likeness (QED) is 0.455. The molecule has 0 unspecified atom stereocenters. The lowest BCUT2D eigenvalue weighted by Crippen LogP contribution is -2.16. The van der Waals surface area contributed by atoms with Gasteiger partial charge >= 0.3 is 10.1 Å². The molecule has 0 fully saturated rings. The van der Waals surface area contributed by atoms with Crippen molar-refractivity contribution in [2.75, 3.05) is 0 Å². The Morgan fingerprint density at radius 2 is 1.12 bits per heavy atom. The predicted octanol–water partition coefficient (Wildman–Crippen LogP) is 3.38. The smallest absolute Gasteiger partial charge is 0.282 e. The first kappa shape index (κ1) is 24.4. The zero-order valence-electron chi connectivity index (χ0n) is 12.2. The van der Waals surface area contributed by atoms with Gasteiger partial charge < -0.3 is 0 Å². The van der Waals surface area contributed by atoms with Crippen molar-refractivity contribution in [1.82, 2.24) is 0 Å². The first-order chi connectivity index (χ1) is 10.9. The summed E-state index contributed by atoms with van der Waals surface area (Å²) < 4.78 is 110. The summed E-state index contributed by atoms with van der Waals surface area (Å²) in [6, 6.07) is 4.47. The molecule has 0 saturated carbocycles. The van der Waals surface area contributed by atoms with Crippen molar-refractivity contribution >= 4 is 33.5 Å². The summed E-state index contributed by atoms with van der Waals surface area (Å²) in [4.78, 5) is -4.96. The van der Waals surface area contributed by atoms with Crippen molar-refractivity contribution in [3.63, 3.8) is 0 Å². The third-order valence-electron chi connectivity index (χ3n) is 3.04. The topological polar surface area (TPSA) is 88.5 Å². The van der Waals surface area contributed by atoms with Crippen LogP contribution in [0.1, 0.15) is 13.0 Å². The highest BCUT2D eigenvalue weighted by Crippen LogP contribution is 2.33. The fraction of sp³-hybridized carbons (Fsp3) is 0.143. The fourth-order valence-corrected chi connectivity index (χ4v) is 3.90. The van der Waals surface area contributed by atoms with Gasteiger partial charge in [0.15, 0.2) is 28.2 Å². The average Bonchev–Trinajstić information content (AvgIpc) is 2.44. The lowest BCUT2D eigenvalue weighted by atomic mass is 10.2. The Morgan fingerprint density at radius 1 is 0.769 bits per heavy atom. The SMILES string of the molecule is C.Cc1ccc(S(=O)(=O)c2c(F)c(F)c(S(=O)(=O)O)c(F)c2F)cc1.S. The molecular formula is C14H14F4O5S3. The number of halogens is 4. The highest BCUT2D eigenvalue weighted by Gasteiger charge is 2.37. The van der Waals surface area contributed by atoms with Gasteiger partial charge in [-0.3, -0.25) is 4.55 Å². The molecule has 0 spiro atoms. The Kier molecular flexibility index (Phi) is 7.45. The molecule has 0 aliphatic rings. The Bertz CT molecular complexity index is 1000. The van der Waals surface area contributed by atoms with Crippen molar-refractivity contribution in [2.24, 2.45) is 0 Å². The molecule has 0 radical (unpaired) electrons. The summed E-state index contributed by atoms with van der Waals surface area (Å²) >= 11 is 0. The van der Waals surface area contributed by atoms with Crippen molar-refractivity contribution in [3.05, 3.63) is 53.1 Å². The van der Waals surface area contributed by atoms with Crippen LogP contribution < -0.4 is 0 Å². The molecular weight excluding hydrogens is 420 g/mol. The molecule has 0 atom stereocenters. The minimum Gasteiger partial charge on any atom is -0.282 e. The maximum atomic E-state index is 14.0. The molecule has 0 bridgehead atoms. The first-order valence-corrected chi connectivity index (χ1v) is 8.96. The van der Waals surface area contributed by atoms with Crippen LogP contribution >= 0.6 is 13.5 Å². The van der Waals surface area contributed by atoms with Crippen LogP contribution in [0.5, 0.6) is 0 Å². The number of aryl methyl sites for hydroxylation is 1. The fourth-order valence-electron chi connectivity index (χ4n) is 1.89. The van der Waals surface area contributed by atoms with Crippen LogP contribution in [0.15, 0.2) is 39.0 Å². The van der Waals surface area contributed by atoms with Crippen molar-refractivity contribution in [3.8, 4) is 0 Å². The van der Waals surface area contributed by atoms with Crippen LogP contribution in [0.25, 0.3) is 0 Å². The van der Waals surface area contributed by atoms with E-state index in [9.17, 15) is 34.4 Å².